The third-order valence-electron chi connectivity index (χ3n) is 1.19. The molecule has 0 aliphatic heterocycles. The van der Waals surface area contributed by atoms with E-state index in [0.29, 0.717) is 0 Å². The molecule has 1 aromatic rings. The zero-order valence-corrected chi connectivity index (χ0v) is 8.63. The first kappa shape index (κ1) is 10.7. The molecule has 13 heavy (non-hydrogen) atoms. The van der Waals surface area contributed by atoms with Crippen LogP contribution in [0.15, 0.2) is 4.60 Å². The average Bonchev–Trinajstić information content (AvgIpc) is 1.94. The predicted octanol–water partition coefficient (Wildman–Crippen LogP) is 3.22. The second kappa shape index (κ2) is 3.42. The highest BCUT2D eigenvalue weighted by molar-refractivity contribution is 9.10. The highest BCUT2D eigenvalue weighted by Gasteiger charge is 2.36. The summed E-state index contributed by atoms with van der Waals surface area (Å²) >= 11 is 8.16. The van der Waals surface area contributed by atoms with Crippen LogP contribution in [0.5, 0.6) is 0 Å². The van der Waals surface area contributed by atoms with Crippen molar-refractivity contribution < 1.29 is 13.2 Å². The van der Waals surface area contributed by atoms with Crippen molar-refractivity contribution >= 4 is 27.5 Å². The minimum Gasteiger partial charge on any atom is -0.227 e. The monoisotopic (exact) mass is 274 g/mol. The molecular weight excluding hydrogens is 272 g/mol. The minimum atomic E-state index is -4.55. The molecule has 7 heteroatoms. The quantitative estimate of drug-likeness (QED) is 0.679. The van der Waals surface area contributed by atoms with Crippen LogP contribution in [-0.2, 0) is 6.18 Å². The van der Waals surface area contributed by atoms with Crippen LogP contribution in [0.2, 0.25) is 5.02 Å². The van der Waals surface area contributed by atoms with Gasteiger partial charge in [-0.3, -0.25) is 0 Å². The standard InChI is InChI=1S/C6H3BrClF3N2/c1-2-12-4(6(9,10)11)3(8)5(7)13-2/h1H3. The topological polar surface area (TPSA) is 25.8 Å². The summed E-state index contributed by atoms with van der Waals surface area (Å²) in [5, 5.41) is -0.516. The number of aryl methyl sites for hydroxylation is 1. The summed E-state index contributed by atoms with van der Waals surface area (Å²) in [6, 6.07) is 0. The molecule has 0 fully saturated rings. The Morgan fingerprint density at radius 3 is 2.31 bits per heavy atom. The van der Waals surface area contributed by atoms with Crippen LogP contribution < -0.4 is 0 Å². The summed E-state index contributed by atoms with van der Waals surface area (Å²) < 4.78 is 36.6. The van der Waals surface area contributed by atoms with Crippen molar-refractivity contribution in [1.29, 1.82) is 0 Å². The zero-order chi connectivity index (χ0) is 10.2. The Bertz CT molecular complexity index is 339. The van der Waals surface area contributed by atoms with Crippen LogP contribution in [0.25, 0.3) is 0 Å². The van der Waals surface area contributed by atoms with Gasteiger partial charge in [-0.1, -0.05) is 11.6 Å². The van der Waals surface area contributed by atoms with Crippen molar-refractivity contribution in [3.05, 3.63) is 21.1 Å². The summed E-state index contributed by atoms with van der Waals surface area (Å²) in [6.45, 7) is 1.36. The Balaban J connectivity index is 3.37. The van der Waals surface area contributed by atoms with Gasteiger partial charge in [0, 0.05) is 0 Å². The van der Waals surface area contributed by atoms with Crippen LogP contribution in [0.1, 0.15) is 11.5 Å². The first-order valence-corrected chi connectivity index (χ1v) is 4.26. The van der Waals surface area contributed by atoms with Crippen LogP contribution >= 0.6 is 27.5 Å². The van der Waals surface area contributed by atoms with E-state index in [1.54, 1.807) is 0 Å². The largest absolute Gasteiger partial charge is 0.435 e. The molecule has 0 spiro atoms. The van der Waals surface area contributed by atoms with E-state index in [-0.39, 0.29) is 10.4 Å². The molecule has 0 N–H and O–H groups in total. The van der Waals surface area contributed by atoms with Gasteiger partial charge in [-0.25, -0.2) is 9.97 Å². The minimum absolute atomic E-state index is 0.0172. The smallest absolute Gasteiger partial charge is 0.227 e. The Morgan fingerprint density at radius 1 is 1.31 bits per heavy atom. The maximum atomic E-state index is 12.2. The summed E-state index contributed by atoms with van der Waals surface area (Å²) in [5.41, 5.74) is -1.12. The summed E-state index contributed by atoms with van der Waals surface area (Å²) in [5.74, 6) is 0.0172. The second-order valence-electron chi connectivity index (χ2n) is 2.22. The number of nitrogens with zero attached hydrogens (tertiary/aromatic N) is 2. The Kier molecular flexibility index (Phi) is 2.82. The van der Waals surface area contributed by atoms with E-state index in [1.807, 2.05) is 0 Å². The average molecular weight is 275 g/mol. The normalized spacial score (nSPS) is 11.8. The molecule has 0 aliphatic rings. The van der Waals surface area contributed by atoms with Gasteiger partial charge in [0.1, 0.15) is 15.5 Å². The molecule has 1 aromatic heterocycles. The Morgan fingerprint density at radius 2 is 1.85 bits per heavy atom. The van der Waals surface area contributed by atoms with E-state index < -0.39 is 16.9 Å². The molecule has 0 saturated carbocycles. The highest BCUT2D eigenvalue weighted by Crippen LogP contribution is 2.35. The van der Waals surface area contributed by atoms with Crippen molar-refractivity contribution in [1.82, 2.24) is 9.97 Å². The number of halogens is 5. The lowest BCUT2D eigenvalue weighted by atomic mass is 10.4. The molecule has 0 atom stereocenters. The van der Waals surface area contributed by atoms with Crippen LogP contribution in [0.3, 0.4) is 0 Å². The van der Waals surface area contributed by atoms with E-state index in [2.05, 4.69) is 25.9 Å². The first-order chi connectivity index (χ1) is 5.82. The van der Waals surface area contributed by atoms with E-state index >= 15 is 0 Å². The molecule has 0 bridgehead atoms. The van der Waals surface area contributed by atoms with Gasteiger partial charge in [0.25, 0.3) is 0 Å². The maximum Gasteiger partial charge on any atom is 0.435 e. The molecule has 1 rings (SSSR count). The van der Waals surface area contributed by atoms with Crippen molar-refractivity contribution in [2.24, 2.45) is 0 Å². The van der Waals surface area contributed by atoms with Gasteiger partial charge < -0.3 is 0 Å². The van der Waals surface area contributed by atoms with Crippen LogP contribution in [0.4, 0.5) is 13.2 Å². The van der Waals surface area contributed by atoms with E-state index in [0.717, 1.165) is 0 Å². The van der Waals surface area contributed by atoms with Gasteiger partial charge in [-0.15, -0.1) is 0 Å². The number of rotatable bonds is 0. The summed E-state index contributed by atoms with van der Waals surface area (Å²) in [6.07, 6.45) is -4.55. The number of alkyl halides is 3. The van der Waals surface area contributed by atoms with Gasteiger partial charge in [-0.05, 0) is 22.9 Å². The summed E-state index contributed by atoms with van der Waals surface area (Å²) in [7, 11) is 0. The van der Waals surface area contributed by atoms with Crippen molar-refractivity contribution in [2.75, 3.05) is 0 Å². The second-order valence-corrected chi connectivity index (χ2v) is 3.35. The van der Waals surface area contributed by atoms with Crippen LogP contribution in [-0.4, -0.2) is 9.97 Å². The Labute approximate surface area is 85.3 Å². The number of hydrogen-bond acceptors (Lipinski definition) is 2. The molecular formula is C6H3BrClF3N2. The fraction of sp³-hybridized carbons (Fsp3) is 0.333. The molecule has 0 amide bonds. The van der Waals surface area contributed by atoms with Gasteiger partial charge in [0.2, 0.25) is 0 Å². The molecule has 0 saturated heterocycles. The van der Waals surface area contributed by atoms with E-state index in [1.165, 1.54) is 6.92 Å². The fourth-order valence-corrected chi connectivity index (χ4v) is 1.35. The number of aromatic nitrogens is 2. The lowest BCUT2D eigenvalue weighted by molar-refractivity contribution is -0.141. The third-order valence-corrected chi connectivity index (χ3v) is 2.35. The maximum absolute atomic E-state index is 12.2. The third kappa shape index (κ3) is 2.31. The molecule has 0 radical (unpaired) electrons. The highest BCUT2D eigenvalue weighted by atomic mass is 79.9. The molecule has 72 valence electrons. The molecule has 1 heterocycles. The molecule has 2 nitrogen and oxygen atoms in total. The van der Waals surface area contributed by atoms with E-state index in [4.69, 9.17) is 11.6 Å². The van der Waals surface area contributed by atoms with Crippen molar-refractivity contribution in [2.45, 2.75) is 13.1 Å². The molecule has 0 unspecified atom stereocenters. The van der Waals surface area contributed by atoms with Gasteiger partial charge in [0.15, 0.2) is 5.69 Å². The lowest BCUT2D eigenvalue weighted by Gasteiger charge is -2.08. The van der Waals surface area contributed by atoms with Gasteiger partial charge >= 0.3 is 6.18 Å². The molecule has 0 aromatic carbocycles. The fourth-order valence-electron chi connectivity index (χ4n) is 0.713. The molecule has 0 aliphatic carbocycles. The predicted molar refractivity (Wildman–Crippen MR) is 44.5 cm³/mol. The van der Waals surface area contributed by atoms with Gasteiger partial charge in [0.05, 0.1) is 0 Å². The Hall–Kier alpha value is -0.360. The SMILES string of the molecule is Cc1nc(Br)c(Cl)c(C(F)(F)F)n1. The lowest BCUT2D eigenvalue weighted by Crippen LogP contribution is -2.11. The van der Waals surface area contributed by atoms with E-state index in [9.17, 15) is 13.2 Å². The number of hydrogen-bond donors (Lipinski definition) is 0. The van der Waals surface area contributed by atoms with Crippen molar-refractivity contribution in [3.63, 3.8) is 0 Å². The summed E-state index contributed by atoms with van der Waals surface area (Å²) in [4.78, 5) is 6.83. The van der Waals surface area contributed by atoms with Gasteiger partial charge in [-0.2, -0.15) is 13.2 Å². The first-order valence-electron chi connectivity index (χ1n) is 3.09. The van der Waals surface area contributed by atoms with Crippen molar-refractivity contribution in [3.8, 4) is 0 Å². The zero-order valence-electron chi connectivity index (χ0n) is 6.28. The van der Waals surface area contributed by atoms with Crippen LogP contribution in [0, 0.1) is 6.92 Å².